The lowest BCUT2D eigenvalue weighted by molar-refractivity contribution is -0.139. The second-order valence-corrected chi connectivity index (χ2v) is 4.49. The minimum Gasteiger partial charge on any atom is -0.480 e. The quantitative estimate of drug-likeness (QED) is 0.604. The fourth-order valence-electron chi connectivity index (χ4n) is 1.33. The maximum Gasteiger partial charge on any atom is 0.326 e. The first-order valence-electron chi connectivity index (χ1n) is 5.77. The molecular formula is C11H23N3O3. The van der Waals surface area contributed by atoms with Gasteiger partial charge in [-0.2, -0.15) is 0 Å². The third-order valence-corrected chi connectivity index (χ3v) is 2.35. The van der Waals surface area contributed by atoms with E-state index in [-0.39, 0.29) is 11.9 Å². The van der Waals surface area contributed by atoms with Crippen LogP contribution in [-0.2, 0) is 4.79 Å². The zero-order chi connectivity index (χ0) is 13.4. The predicted octanol–water partition coefficient (Wildman–Crippen LogP) is 0.347. The Bertz CT molecular complexity index is 256. The van der Waals surface area contributed by atoms with Crippen molar-refractivity contribution in [1.29, 1.82) is 0 Å². The van der Waals surface area contributed by atoms with Gasteiger partial charge in [-0.3, -0.25) is 0 Å². The maximum absolute atomic E-state index is 11.7. The highest BCUT2D eigenvalue weighted by atomic mass is 16.4. The summed E-state index contributed by atoms with van der Waals surface area (Å²) in [5.41, 5.74) is 0. The Morgan fingerprint density at radius 3 is 2.35 bits per heavy atom. The monoisotopic (exact) mass is 245 g/mol. The van der Waals surface area contributed by atoms with Crippen molar-refractivity contribution in [3.63, 3.8) is 0 Å². The average Bonchev–Trinajstić information content (AvgIpc) is 2.23. The fraction of sp³-hybridized carbons (Fsp3) is 0.818. The normalized spacial score (nSPS) is 12.3. The summed E-state index contributed by atoms with van der Waals surface area (Å²) in [5, 5.41) is 14.4. The molecule has 0 aromatic rings. The van der Waals surface area contributed by atoms with Gasteiger partial charge in [-0.15, -0.1) is 0 Å². The van der Waals surface area contributed by atoms with E-state index in [1.54, 1.807) is 14.1 Å². The van der Waals surface area contributed by atoms with Gasteiger partial charge in [-0.05, 0) is 19.4 Å². The number of nitrogens with zero attached hydrogens (tertiary/aromatic N) is 1. The summed E-state index contributed by atoms with van der Waals surface area (Å²) in [6.45, 7) is 5.06. The summed E-state index contributed by atoms with van der Waals surface area (Å²) in [5.74, 6) is -0.770. The van der Waals surface area contributed by atoms with Crippen LogP contribution in [0.1, 0.15) is 20.3 Å². The summed E-state index contributed by atoms with van der Waals surface area (Å²) in [7, 11) is 3.44. The number of carbonyl (C=O) groups is 2. The summed E-state index contributed by atoms with van der Waals surface area (Å²) in [4.78, 5) is 24.1. The van der Waals surface area contributed by atoms with Gasteiger partial charge in [0.25, 0.3) is 0 Å². The zero-order valence-electron chi connectivity index (χ0n) is 11.0. The molecule has 17 heavy (non-hydrogen) atoms. The molecule has 0 saturated carbocycles. The molecule has 0 spiro atoms. The highest BCUT2D eigenvalue weighted by Crippen LogP contribution is 2.05. The number of aliphatic carboxylic acids is 1. The highest BCUT2D eigenvalue weighted by Gasteiger charge is 2.22. The topological polar surface area (TPSA) is 81.7 Å². The standard InChI is InChI=1S/C11H23N3O3/c1-8(2)7-9(10(15)16)13-11(17)14(4)6-5-12-3/h8-9,12H,5-7H2,1-4H3,(H,13,17)(H,15,16). The molecule has 0 aliphatic heterocycles. The van der Waals surface area contributed by atoms with Gasteiger partial charge in [0.1, 0.15) is 6.04 Å². The second kappa shape index (κ2) is 7.89. The molecule has 6 heteroatoms. The van der Waals surface area contributed by atoms with Crippen LogP contribution in [0, 0.1) is 5.92 Å². The molecule has 0 aromatic heterocycles. The number of likely N-dealkylation sites (N-methyl/N-ethyl adjacent to an activating group) is 2. The van der Waals surface area contributed by atoms with E-state index in [1.807, 2.05) is 13.8 Å². The largest absolute Gasteiger partial charge is 0.480 e. The molecule has 0 bridgehead atoms. The van der Waals surface area contributed by atoms with E-state index in [9.17, 15) is 9.59 Å². The third kappa shape index (κ3) is 6.78. The maximum atomic E-state index is 11.7. The molecule has 1 atom stereocenters. The number of hydrogen-bond acceptors (Lipinski definition) is 3. The van der Waals surface area contributed by atoms with Gasteiger partial charge in [-0.25, -0.2) is 9.59 Å². The van der Waals surface area contributed by atoms with E-state index >= 15 is 0 Å². The zero-order valence-corrected chi connectivity index (χ0v) is 11.0. The van der Waals surface area contributed by atoms with Gasteiger partial charge in [0, 0.05) is 20.1 Å². The Labute approximate surface area is 102 Å². The predicted molar refractivity (Wildman–Crippen MR) is 66.0 cm³/mol. The molecule has 0 aromatic carbocycles. The summed E-state index contributed by atoms with van der Waals surface area (Å²) < 4.78 is 0. The van der Waals surface area contributed by atoms with Gasteiger partial charge >= 0.3 is 12.0 Å². The van der Waals surface area contributed by atoms with Crippen molar-refractivity contribution in [1.82, 2.24) is 15.5 Å². The number of hydrogen-bond donors (Lipinski definition) is 3. The molecule has 0 fully saturated rings. The van der Waals surface area contributed by atoms with Crippen molar-refractivity contribution in [2.75, 3.05) is 27.2 Å². The fourth-order valence-corrected chi connectivity index (χ4v) is 1.33. The Balaban J connectivity index is 4.25. The van der Waals surface area contributed by atoms with Crippen LogP contribution >= 0.6 is 0 Å². The number of carbonyl (C=O) groups excluding carboxylic acids is 1. The van der Waals surface area contributed by atoms with Gasteiger partial charge in [0.05, 0.1) is 0 Å². The van der Waals surface area contributed by atoms with Gasteiger partial charge in [-0.1, -0.05) is 13.8 Å². The second-order valence-electron chi connectivity index (χ2n) is 4.49. The van der Waals surface area contributed by atoms with Crippen LogP contribution < -0.4 is 10.6 Å². The van der Waals surface area contributed by atoms with Crippen LogP contribution in [0.4, 0.5) is 4.79 Å². The molecule has 1 unspecified atom stereocenters. The number of rotatable bonds is 7. The number of carboxylic acids is 1. The molecule has 0 heterocycles. The molecule has 0 aliphatic rings. The number of carboxylic acid groups (broad SMARTS) is 1. The summed E-state index contributed by atoms with van der Waals surface area (Å²) in [6.07, 6.45) is 0.431. The van der Waals surface area contributed by atoms with Crippen LogP contribution in [0.25, 0.3) is 0 Å². The van der Waals surface area contributed by atoms with Crippen LogP contribution in [0.15, 0.2) is 0 Å². The minimum atomic E-state index is -0.992. The van der Waals surface area contributed by atoms with Crippen molar-refractivity contribution < 1.29 is 14.7 Å². The molecule has 100 valence electrons. The number of nitrogens with one attached hydrogen (secondary N) is 2. The Hall–Kier alpha value is -1.30. The lowest BCUT2D eigenvalue weighted by Crippen LogP contribution is -2.48. The Morgan fingerprint density at radius 2 is 1.94 bits per heavy atom. The van der Waals surface area contributed by atoms with E-state index in [1.165, 1.54) is 4.90 Å². The summed E-state index contributed by atoms with van der Waals surface area (Å²) in [6, 6.07) is -1.17. The molecular weight excluding hydrogens is 222 g/mol. The van der Waals surface area contributed by atoms with E-state index in [2.05, 4.69) is 10.6 Å². The lowest BCUT2D eigenvalue weighted by atomic mass is 10.0. The van der Waals surface area contributed by atoms with E-state index < -0.39 is 12.0 Å². The number of amides is 2. The first kappa shape index (κ1) is 15.7. The van der Waals surface area contributed by atoms with Gasteiger partial charge in [0.2, 0.25) is 0 Å². The lowest BCUT2D eigenvalue weighted by Gasteiger charge is -2.22. The Morgan fingerprint density at radius 1 is 1.35 bits per heavy atom. The van der Waals surface area contributed by atoms with Crippen LogP contribution in [0.2, 0.25) is 0 Å². The van der Waals surface area contributed by atoms with Crippen LogP contribution in [0.5, 0.6) is 0 Å². The SMILES string of the molecule is CNCCN(C)C(=O)NC(CC(C)C)C(=O)O. The first-order chi connectivity index (χ1) is 7.88. The molecule has 3 N–H and O–H groups in total. The van der Waals surface area contributed by atoms with Crippen molar-refractivity contribution in [3.05, 3.63) is 0 Å². The molecule has 0 rings (SSSR count). The number of urea groups is 1. The van der Waals surface area contributed by atoms with Crippen molar-refractivity contribution >= 4 is 12.0 Å². The summed E-state index contributed by atoms with van der Waals surface area (Å²) >= 11 is 0. The van der Waals surface area contributed by atoms with E-state index in [0.29, 0.717) is 19.5 Å². The van der Waals surface area contributed by atoms with Crippen molar-refractivity contribution in [2.45, 2.75) is 26.3 Å². The Kier molecular flexibility index (Phi) is 7.29. The third-order valence-electron chi connectivity index (χ3n) is 2.35. The molecule has 0 saturated heterocycles. The average molecular weight is 245 g/mol. The molecule has 0 aliphatic carbocycles. The van der Waals surface area contributed by atoms with Crippen LogP contribution in [0.3, 0.4) is 0 Å². The first-order valence-corrected chi connectivity index (χ1v) is 5.77. The smallest absolute Gasteiger partial charge is 0.326 e. The van der Waals surface area contributed by atoms with Crippen molar-refractivity contribution in [2.24, 2.45) is 5.92 Å². The van der Waals surface area contributed by atoms with Crippen LogP contribution in [-0.4, -0.2) is 55.2 Å². The van der Waals surface area contributed by atoms with E-state index in [0.717, 1.165) is 0 Å². The van der Waals surface area contributed by atoms with Gasteiger partial charge < -0.3 is 20.6 Å². The van der Waals surface area contributed by atoms with E-state index in [4.69, 9.17) is 5.11 Å². The highest BCUT2D eigenvalue weighted by molar-refractivity contribution is 5.82. The molecule has 6 nitrogen and oxygen atoms in total. The molecule has 2 amide bonds. The van der Waals surface area contributed by atoms with Gasteiger partial charge in [0.15, 0.2) is 0 Å². The van der Waals surface area contributed by atoms with Crippen molar-refractivity contribution in [3.8, 4) is 0 Å². The minimum absolute atomic E-state index is 0.221. The molecule has 0 radical (unpaired) electrons.